The van der Waals surface area contributed by atoms with Crippen LogP contribution in [0.4, 0.5) is 22.0 Å². The lowest BCUT2D eigenvalue weighted by Gasteiger charge is -2.31. The van der Waals surface area contributed by atoms with Crippen LogP contribution in [0, 0.1) is 35.0 Å². The predicted molar refractivity (Wildman–Crippen MR) is 57.7 cm³/mol. The van der Waals surface area contributed by atoms with Gasteiger partial charge in [0.25, 0.3) is 0 Å². The van der Waals surface area contributed by atoms with E-state index < -0.39 is 40.7 Å². The largest absolute Gasteiger partial charge is 0.324 e. The molecule has 1 saturated carbocycles. The first-order valence-corrected chi connectivity index (χ1v) is 5.22. The van der Waals surface area contributed by atoms with Crippen LogP contribution in [0.1, 0.15) is 30.9 Å². The Kier molecular flexibility index (Phi) is 4.55. The first-order valence-electron chi connectivity index (χ1n) is 5.22. The molecular formula is C11H11ClF5N. The van der Waals surface area contributed by atoms with Crippen molar-refractivity contribution in [2.45, 2.75) is 25.3 Å². The summed E-state index contributed by atoms with van der Waals surface area (Å²) in [6, 6.07) is -1.15. The molecule has 18 heavy (non-hydrogen) atoms. The van der Waals surface area contributed by atoms with Gasteiger partial charge in [-0.2, -0.15) is 0 Å². The lowest BCUT2D eigenvalue weighted by Crippen LogP contribution is -2.29. The summed E-state index contributed by atoms with van der Waals surface area (Å²) in [7, 11) is 0. The van der Waals surface area contributed by atoms with Gasteiger partial charge in [0.2, 0.25) is 5.82 Å². The minimum Gasteiger partial charge on any atom is -0.324 e. The van der Waals surface area contributed by atoms with Crippen LogP contribution >= 0.6 is 12.4 Å². The second-order valence-corrected chi connectivity index (χ2v) is 4.20. The molecule has 2 N–H and O–H groups in total. The number of hydrogen-bond donors (Lipinski definition) is 1. The zero-order valence-corrected chi connectivity index (χ0v) is 9.97. The Balaban J connectivity index is 0.00000162. The van der Waals surface area contributed by atoms with E-state index in [0.29, 0.717) is 12.8 Å². The van der Waals surface area contributed by atoms with E-state index in [0.717, 1.165) is 6.42 Å². The summed E-state index contributed by atoms with van der Waals surface area (Å²) in [4.78, 5) is 0. The van der Waals surface area contributed by atoms with Crippen LogP contribution in [0.3, 0.4) is 0 Å². The average Bonchev–Trinajstić information content (AvgIpc) is 2.21. The molecule has 1 atom stereocenters. The monoisotopic (exact) mass is 287 g/mol. The number of rotatable bonds is 2. The fourth-order valence-corrected chi connectivity index (χ4v) is 1.95. The van der Waals surface area contributed by atoms with Gasteiger partial charge in [-0.05, 0) is 18.8 Å². The molecule has 2 rings (SSSR count). The van der Waals surface area contributed by atoms with Gasteiger partial charge in [-0.3, -0.25) is 0 Å². The number of benzene rings is 1. The highest BCUT2D eigenvalue weighted by Gasteiger charge is 2.34. The first-order chi connectivity index (χ1) is 7.95. The molecule has 7 heteroatoms. The molecule has 1 aromatic rings. The van der Waals surface area contributed by atoms with Crippen LogP contribution in [-0.4, -0.2) is 0 Å². The third-order valence-electron chi connectivity index (χ3n) is 3.23. The molecule has 102 valence electrons. The molecular weight excluding hydrogens is 277 g/mol. The Morgan fingerprint density at radius 2 is 1.22 bits per heavy atom. The van der Waals surface area contributed by atoms with Crippen molar-refractivity contribution in [2.24, 2.45) is 11.7 Å². The van der Waals surface area contributed by atoms with Gasteiger partial charge in [0, 0.05) is 11.6 Å². The molecule has 1 aliphatic rings. The topological polar surface area (TPSA) is 26.0 Å². The fourth-order valence-electron chi connectivity index (χ4n) is 1.95. The molecule has 0 heterocycles. The lowest BCUT2D eigenvalue weighted by atomic mass is 9.77. The van der Waals surface area contributed by atoms with E-state index in [2.05, 4.69) is 0 Å². The van der Waals surface area contributed by atoms with E-state index in [9.17, 15) is 22.0 Å². The standard InChI is InChI=1S/C11H10F5N.ClH/c12-6-5(11(17)4-2-1-3-4)7(13)9(15)10(16)8(6)14;/h4,11H,1-3,17H2;1H/t11-;/m0./s1. The summed E-state index contributed by atoms with van der Waals surface area (Å²) in [5.41, 5.74) is 4.66. The predicted octanol–water partition coefficient (Wildman–Crippen LogP) is 3.60. The van der Waals surface area contributed by atoms with Crippen LogP contribution in [0.15, 0.2) is 0 Å². The lowest BCUT2D eigenvalue weighted by molar-refractivity contribution is 0.249. The first kappa shape index (κ1) is 15.2. The Bertz CT molecular complexity index is 432. The summed E-state index contributed by atoms with van der Waals surface area (Å²) in [5, 5.41) is 0. The molecule has 0 bridgehead atoms. The summed E-state index contributed by atoms with van der Waals surface area (Å²) >= 11 is 0. The minimum absolute atomic E-state index is 0. The van der Waals surface area contributed by atoms with Crippen molar-refractivity contribution >= 4 is 12.4 Å². The SMILES string of the molecule is Cl.N[C@H](c1c(F)c(F)c(F)c(F)c1F)C1CCC1. The van der Waals surface area contributed by atoms with Crippen molar-refractivity contribution in [1.29, 1.82) is 0 Å². The molecule has 0 unspecified atom stereocenters. The maximum absolute atomic E-state index is 13.4. The van der Waals surface area contributed by atoms with Crippen LogP contribution in [-0.2, 0) is 0 Å². The Labute approximate surface area is 107 Å². The molecule has 0 radical (unpaired) electrons. The number of nitrogens with two attached hydrogens (primary N) is 1. The van der Waals surface area contributed by atoms with Crippen molar-refractivity contribution in [3.63, 3.8) is 0 Å². The van der Waals surface area contributed by atoms with Gasteiger partial charge in [0.05, 0.1) is 0 Å². The van der Waals surface area contributed by atoms with E-state index in [4.69, 9.17) is 5.73 Å². The molecule has 0 spiro atoms. The molecule has 1 aliphatic carbocycles. The highest BCUT2D eigenvalue weighted by molar-refractivity contribution is 5.85. The molecule has 0 aromatic heterocycles. The normalized spacial score (nSPS) is 17.0. The van der Waals surface area contributed by atoms with Crippen molar-refractivity contribution in [3.05, 3.63) is 34.6 Å². The third kappa shape index (κ3) is 2.19. The van der Waals surface area contributed by atoms with Crippen LogP contribution in [0.25, 0.3) is 0 Å². The van der Waals surface area contributed by atoms with Gasteiger partial charge < -0.3 is 5.73 Å². The maximum atomic E-state index is 13.4. The highest BCUT2D eigenvalue weighted by atomic mass is 35.5. The maximum Gasteiger partial charge on any atom is 0.200 e. The summed E-state index contributed by atoms with van der Waals surface area (Å²) in [6.45, 7) is 0. The van der Waals surface area contributed by atoms with Crippen molar-refractivity contribution in [2.75, 3.05) is 0 Å². The second-order valence-electron chi connectivity index (χ2n) is 4.20. The average molecular weight is 288 g/mol. The van der Waals surface area contributed by atoms with Gasteiger partial charge in [-0.25, -0.2) is 22.0 Å². The van der Waals surface area contributed by atoms with Crippen LogP contribution in [0.2, 0.25) is 0 Å². The quantitative estimate of drug-likeness (QED) is 0.502. The van der Waals surface area contributed by atoms with E-state index in [1.165, 1.54) is 0 Å². The van der Waals surface area contributed by atoms with Crippen molar-refractivity contribution < 1.29 is 22.0 Å². The third-order valence-corrected chi connectivity index (χ3v) is 3.23. The van der Waals surface area contributed by atoms with Gasteiger partial charge in [0.15, 0.2) is 23.3 Å². The highest BCUT2D eigenvalue weighted by Crippen LogP contribution is 2.39. The Hall–Kier alpha value is -0.880. The van der Waals surface area contributed by atoms with Crippen LogP contribution < -0.4 is 5.73 Å². The Morgan fingerprint density at radius 1 is 0.833 bits per heavy atom. The van der Waals surface area contributed by atoms with E-state index >= 15 is 0 Å². The van der Waals surface area contributed by atoms with Crippen molar-refractivity contribution in [1.82, 2.24) is 0 Å². The molecule has 1 nitrogen and oxygen atoms in total. The zero-order valence-electron chi connectivity index (χ0n) is 9.15. The van der Waals surface area contributed by atoms with Gasteiger partial charge >= 0.3 is 0 Å². The fraction of sp³-hybridized carbons (Fsp3) is 0.455. The van der Waals surface area contributed by atoms with E-state index in [1.54, 1.807) is 0 Å². The van der Waals surface area contributed by atoms with Gasteiger partial charge in [-0.15, -0.1) is 12.4 Å². The van der Waals surface area contributed by atoms with Gasteiger partial charge in [-0.1, -0.05) is 6.42 Å². The molecule has 0 amide bonds. The van der Waals surface area contributed by atoms with Crippen LogP contribution in [0.5, 0.6) is 0 Å². The van der Waals surface area contributed by atoms with E-state index in [1.807, 2.05) is 0 Å². The number of halogens is 6. The summed E-state index contributed by atoms with van der Waals surface area (Å²) in [5.74, 6) is -9.88. The number of hydrogen-bond acceptors (Lipinski definition) is 1. The molecule has 0 aliphatic heterocycles. The van der Waals surface area contributed by atoms with Crippen molar-refractivity contribution in [3.8, 4) is 0 Å². The molecule has 1 fully saturated rings. The minimum atomic E-state index is -2.15. The molecule has 1 aromatic carbocycles. The zero-order chi connectivity index (χ0) is 12.7. The van der Waals surface area contributed by atoms with Gasteiger partial charge in [0.1, 0.15) is 0 Å². The van der Waals surface area contributed by atoms with E-state index in [-0.39, 0.29) is 18.3 Å². The summed E-state index contributed by atoms with van der Waals surface area (Å²) < 4.78 is 65.4. The second kappa shape index (κ2) is 5.40. The molecule has 0 saturated heterocycles. The summed E-state index contributed by atoms with van der Waals surface area (Å²) in [6.07, 6.45) is 2.13. The Morgan fingerprint density at radius 3 is 1.56 bits per heavy atom. The smallest absolute Gasteiger partial charge is 0.200 e.